The summed E-state index contributed by atoms with van der Waals surface area (Å²) in [6.07, 6.45) is 2.19. The Morgan fingerprint density at radius 1 is 1.04 bits per heavy atom. The maximum absolute atomic E-state index is 12.7. The lowest BCUT2D eigenvalue weighted by Crippen LogP contribution is -2.51. The average Bonchev–Trinajstić information content (AvgIpc) is 3.43. The minimum Gasteiger partial charge on any atom is -0.447 e. The smallest absolute Gasteiger partial charge is 0.410 e. The lowest BCUT2D eigenvalue weighted by Gasteiger charge is -2.36. The highest BCUT2D eigenvalue weighted by atomic mass is 32.2. The molecule has 146 valence electrons. The van der Waals surface area contributed by atoms with E-state index in [4.69, 9.17) is 14.2 Å². The quantitative estimate of drug-likeness (QED) is 0.755. The van der Waals surface area contributed by atoms with Gasteiger partial charge in [0.2, 0.25) is 0 Å². The van der Waals surface area contributed by atoms with Crippen LogP contribution in [0.25, 0.3) is 0 Å². The molecule has 6 heteroatoms. The maximum Gasteiger partial charge on any atom is 0.410 e. The first kappa shape index (κ1) is 18.0. The van der Waals surface area contributed by atoms with Crippen molar-refractivity contribution in [3.8, 4) is 0 Å². The van der Waals surface area contributed by atoms with Gasteiger partial charge in [0.25, 0.3) is 0 Å². The van der Waals surface area contributed by atoms with Crippen molar-refractivity contribution in [2.24, 2.45) is 0 Å². The molecule has 0 saturated carbocycles. The van der Waals surface area contributed by atoms with Gasteiger partial charge < -0.3 is 14.2 Å². The highest BCUT2D eigenvalue weighted by Gasteiger charge is 2.58. The minimum absolute atomic E-state index is 0.0599. The second-order valence-corrected chi connectivity index (χ2v) is 8.64. The number of rotatable bonds is 4. The van der Waals surface area contributed by atoms with Crippen molar-refractivity contribution in [1.29, 1.82) is 0 Å². The molecule has 3 saturated heterocycles. The predicted octanol–water partition coefficient (Wildman–Crippen LogP) is 4.59. The molecule has 1 unspecified atom stereocenters. The van der Waals surface area contributed by atoms with Crippen LogP contribution >= 0.6 is 11.8 Å². The zero-order chi connectivity index (χ0) is 19.0. The van der Waals surface area contributed by atoms with E-state index < -0.39 is 5.79 Å². The Morgan fingerprint density at radius 2 is 1.79 bits per heavy atom. The van der Waals surface area contributed by atoms with Gasteiger partial charge in [-0.3, -0.25) is 4.90 Å². The van der Waals surface area contributed by atoms with Crippen LogP contribution in [-0.4, -0.2) is 41.5 Å². The molecule has 2 aromatic carbocycles. The first-order chi connectivity index (χ1) is 13.8. The van der Waals surface area contributed by atoms with Crippen LogP contribution in [0.15, 0.2) is 65.6 Å². The van der Waals surface area contributed by atoms with Crippen molar-refractivity contribution in [1.82, 2.24) is 4.90 Å². The molecule has 0 radical (unpaired) electrons. The fraction of sp³-hybridized carbons (Fsp3) is 0.409. The van der Waals surface area contributed by atoms with E-state index in [0.717, 1.165) is 29.7 Å². The third-order valence-corrected chi connectivity index (χ3v) is 6.81. The fourth-order valence-electron chi connectivity index (χ4n) is 4.46. The van der Waals surface area contributed by atoms with Crippen molar-refractivity contribution in [3.05, 3.63) is 66.2 Å². The molecule has 0 aliphatic carbocycles. The van der Waals surface area contributed by atoms with Gasteiger partial charge in [-0.15, -0.1) is 0 Å². The monoisotopic (exact) mass is 397 g/mol. The van der Waals surface area contributed by atoms with Gasteiger partial charge in [0.1, 0.15) is 12.0 Å². The molecule has 5 rings (SSSR count). The fourth-order valence-corrected chi connectivity index (χ4v) is 5.57. The summed E-state index contributed by atoms with van der Waals surface area (Å²) >= 11 is 1.69. The molecule has 2 aromatic rings. The van der Waals surface area contributed by atoms with Crippen molar-refractivity contribution < 1.29 is 19.0 Å². The number of cyclic esters (lactones) is 1. The van der Waals surface area contributed by atoms with Crippen LogP contribution in [0.1, 0.15) is 30.9 Å². The van der Waals surface area contributed by atoms with E-state index >= 15 is 0 Å². The minimum atomic E-state index is -0.733. The highest BCUT2D eigenvalue weighted by Crippen LogP contribution is 2.49. The van der Waals surface area contributed by atoms with Gasteiger partial charge in [-0.1, -0.05) is 60.3 Å². The number of amides is 1. The van der Waals surface area contributed by atoms with Gasteiger partial charge in [-0.2, -0.15) is 0 Å². The van der Waals surface area contributed by atoms with Gasteiger partial charge in [0.15, 0.2) is 5.79 Å². The van der Waals surface area contributed by atoms with Crippen molar-refractivity contribution >= 4 is 17.9 Å². The van der Waals surface area contributed by atoms with E-state index in [0.29, 0.717) is 13.2 Å². The number of hydrogen-bond donors (Lipinski definition) is 0. The highest BCUT2D eigenvalue weighted by molar-refractivity contribution is 7.99. The van der Waals surface area contributed by atoms with Crippen LogP contribution in [0.5, 0.6) is 0 Å². The SMILES string of the molecule is O=C1OC[C@H](c2ccccc2)N1[C@H]1CC(Sc2ccccc2)O[C@@]12CCCO2. The third kappa shape index (κ3) is 3.19. The van der Waals surface area contributed by atoms with E-state index in [1.807, 2.05) is 53.4 Å². The third-order valence-electron chi connectivity index (χ3n) is 5.71. The lowest BCUT2D eigenvalue weighted by molar-refractivity contribution is -0.208. The summed E-state index contributed by atoms with van der Waals surface area (Å²) in [6, 6.07) is 20.0. The molecule has 0 aromatic heterocycles. The van der Waals surface area contributed by atoms with E-state index in [2.05, 4.69) is 12.1 Å². The Labute approximate surface area is 169 Å². The molecule has 3 heterocycles. The Bertz CT molecular complexity index is 825. The molecule has 4 atom stereocenters. The summed E-state index contributed by atoms with van der Waals surface area (Å²) in [5.74, 6) is -0.733. The van der Waals surface area contributed by atoms with Crippen LogP contribution < -0.4 is 0 Å². The molecule has 1 amide bonds. The molecule has 28 heavy (non-hydrogen) atoms. The van der Waals surface area contributed by atoms with Gasteiger partial charge in [0, 0.05) is 17.7 Å². The van der Waals surface area contributed by atoms with Crippen molar-refractivity contribution in [3.63, 3.8) is 0 Å². The summed E-state index contributed by atoms with van der Waals surface area (Å²) < 4.78 is 18.1. The number of nitrogens with zero attached hydrogens (tertiary/aromatic N) is 1. The zero-order valence-electron chi connectivity index (χ0n) is 15.5. The van der Waals surface area contributed by atoms with Gasteiger partial charge in [0.05, 0.1) is 18.7 Å². The number of thioether (sulfide) groups is 1. The molecule has 3 aliphatic heterocycles. The lowest BCUT2D eigenvalue weighted by atomic mass is 9.98. The summed E-state index contributed by atoms with van der Waals surface area (Å²) in [6.45, 7) is 1.03. The summed E-state index contributed by atoms with van der Waals surface area (Å²) in [4.78, 5) is 15.8. The number of carbonyl (C=O) groups is 1. The molecule has 0 N–H and O–H groups in total. The summed E-state index contributed by atoms with van der Waals surface area (Å²) in [5, 5.41) is 0. The predicted molar refractivity (Wildman–Crippen MR) is 106 cm³/mol. The summed E-state index contributed by atoms with van der Waals surface area (Å²) in [7, 11) is 0. The number of benzene rings is 2. The average molecular weight is 397 g/mol. The van der Waals surface area contributed by atoms with Crippen LogP contribution in [0, 0.1) is 0 Å². The number of ether oxygens (including phenoxy) is 3. The second kappa shape index (κ2) is 7.43. The van der Waals surface area contributed by atoms with E-state index in [1.54, 1.807) is 11.8 Å². The zero-order valence-corrected chi connectivity index (χ0v) is 16.3. The van der Waals surface area contributed by atoms with Crippen molar-refractivity contribution in [2.45, 2.75) is 47.5 Å². The molecular formula is C22H23NO4S. The van der Waals surface area contributed by atoms with Crippen LogP contribution in [-0.2, 0) is 14.2 Å². The van der Waals surface area contributed by atoms with Gasteiger partial charge in [-0.05, 0) is 24.1 Å². The molecule has 5 nitrogen and oxygen atoms in total. The Balaban J connectivity index is 1.43. The van der Waals surface area contributed by atoms with Crippen molar-refractivity contribution in [2.75, 3.05) is 13.2 Å². The molecule has 1 spiro atoms. The van der Waals surface area contributed by atoms with Crippen LogP contribution in [0.3, 0.4) is 0 Å². The van der Waals surface area contributed by atoms with E-state index in [-0.39, 0.29) is 23.6 Å². The molecule has 3 aliphatic rings. The van der Waals surface area contributed by atoms with E-state index in [1.165, 1.54) is 0 Å². The Morgan fingerprint density at radius 3 is 2.50 bits per heavy atom. The maximum atomic E-state index is 12.7. The molecule has 3 fully saturated rings. The Kier molecular flexibility index (Phi) is 4.78. The molecule has 0 bridgehead atoms. The van der Waals surface area contributed by atoms with E-state index in [9.17, 15) is 4.79 Å². The molecular weight excluding hydrogens is 374 g/mol. The second-order valence-electron chi connectivity index (χ2n) is 7.40. The largest absolute Gasteiger partial charge is 0.447 e. The number of hydrogen-bond acceptors (Lipinski definition) is 5. The summed E-state index contributed by atoms with van der Waals surface area (Å²) in [5.41, 5.74) is 1.02. The van der Waals surface area contributed by atoms with Gasteiger partial charge >= 0.3 is 6.09 Å². The van der Waals surface area contributed by atoms with Crippen LogP contribution in [0.4, 0.5) is 4.79 Å². The Hall–Kier alpha value is -2.02. The first-order valence-corrected chi connectivity index (χ1v) is 10.7. The normalized spacial score (nSPS) is 32.2. The van der Waals surface area contributed by atoms with Gasteiger partial charge in [-0.25, -0.2) is 4.79 Å². The van der Waals surface area contributed by atoms with Crippen LogP contribution in [0.2, 0.25) is 0 Å². The first-order valence-electron chi connectivity index (χ1n) is 9.79. The topological polar surface area (TPSA) is 48.0 Å². The number of carbonyl (C=O) groups excluding carboxylic acids is 1. The standard InChI is InChI=1S/C22H23NO4S/c24-21-23(18(15-25-21)16-8-3-1-4-9-16)19-14-20(27-22(19)12-7-13-26-22)28-17-10-5-2-6-11-17/h1-6,8-11,18-20H,7,12-15H2/t18-,19+,20?,22+/m1/s1.